The quantitative estimate of drug-likeness (QED) is 0.904. The minimum absolute atomic E-state index is 0.0107. The Hall–Kier alpha value is -2.28. The second-order valence-electron chi connectivity index (χ2n) is 6.83. The van der Waals surface area contributed by atoms with Gasteiger partial charge >= 0.3 is 0 Å². The summed E-state index contributed by atoms with van der Waals surface area (Å²) >= 11 is 0. The van der Waals surface area contributed by atoms with Gasteiger partial charge in [0, 0.05) is 37.7 Å². The van der Waals surface area contributed by atoms with E-state index in [9.17, 15) is 9.18 Å². The summed E-state index contributed by atoms with van der Waals surface area (Å²) in [5, 5.41) is 12.0. The van der Waals surface area contributed by atoms with E-state index >= 15 is 0 Å². The third kappa shape index (κ3) is 3.04. The molecule has 3 heterocycles. The maximum absolute atomic E-state index is 13.3. The lowest BCUT2D eigenvalue weighted by molar-refractivity contribution is 0.0709. The molecule has 0 unspecified atom stereocenters. The van der Waals surface area contributed by atoms with Crippen LogP contribution in [-0.2, 0) is 13.1 Å². The summed E-state index contributed by atoms with van der Waals surface area (Å²) in [6.45, 7) is 5.79. The smallest absolute Gasteiger partial charge is 0.254 e. The van der Waals surface area contributed by atoms with E-state index in [4.69, 9.17) is 0 Å². The summed E-state index contributed by atoms with van der Waals surface area (Å²) in [5.41, 5.74) is 1.27. The van der Waals surface area contributed by atoms with Gasteiger partial charge in [-0.3, -0.25) is 4.79 Å². The zero-order valence-corrected chi connectivity index (χ0v) is 14.3. The largest absolute Gasteiger partial charge is 0.339 e. The minimum Gasteiger partial charge on any atom is -0.339 e. The number of halogens is 1. The van der Waals surface area contributed by atoms with Crippen LogP contribution in [0.25, 0.3) is 0 Å². The van der Waals surface area contributed by atoms with Crippen molar-refractivity contribution in [1.29, 1.82) is 0 Å². The molecule has 1 saturated heterocycles. The fourth-order valence-electron chi connectivity index (χ4n) is 3.79. The Morgan fingerprint density at radius 2 is 2.04 bits per heavy atom. The van der Waals surface area contributed by atoms with E-state index in [0.29, 0.717) is 30.1 Å². The number of hydrogen-bond donors (Lipinski definition) is 1. The average Bonchev–Trinajstić information content (AvgIpc) is 3.05. The Labute approximate surface area is 146 Å². The van der Waals surface area contributed by atoms with Crippen LogP contribution in [0, 0.1) is 12.7 Å². The van der Waals surface area contributed by atoms with Crippen molar-refractivity contribution in [2.75, 3.05) is 19.6 Å². The van der Waals surface area contributed by atoms with Crippen LogP contribution in [0.3, 0.4) is 0 Å². The number of carbonyl (C=O) groups is 1. The van der Waals surface area contributed by atoms with Crippen molar-refractivity contribution in [3.63, 3.8) is 0 Å². The first-order chi connectivity index (χ1) is 12.1. The van der Waals surface area contributed by atoms with E-state index < -0.39 is 0 Å². The molecule has 0 bridgehead atoms. The topological polar surface area (TPSA) is 63.1 Å². The van der Waals surface area contributed by atoms with Crippen molar-refractivity contribution in [1.82, 2.24) is 25.0 Å². The van der Waals surface area contributed by atoms with Crippen molar-refractivity contribution in [3.8, 4) is 0 Å². The third-order valence-electron chi connectivity index (χ3n) is 5.22. The average molecular weight is 343 g/mol. The SMILES string of the molecule is Cc1cc(F)ccc1C(=O)N1CCC(c2nnc3n2CCNC3)CC1. The lowest BCUT2D eigenvalue weighted by Crippen LogP contribution is -2.39. The van der Waals surface area contributed by atoms with Gasteiger partial charge in [0.05, 0.1) is 6.54 Å². The first-order valence-electron chi connectivity index (χ1n) is 8.81. The Kier molecular flexibility index (Phi) is 4.25. The molecule has 1 amide bonds. The van der Waals surface area contributed by atoms with E-state index in [1.54, 1.807) is 13.0 Å². The number of amides is 1. The van der Waals surface area contributed by atoms with Gasteiger partial charge in [-0.25, -0.2) is 4.39 Å². The van der Waals surface area contributed by atoms with E-state index in [0.717, 1.165) is 44.1 Å². The van der Waals surface area contributed by atoms with Crippen LogP contribution in [-0.4, -0.2) is 45.2 Å². The number of nitrogens with zero attached hydrogens (tertiary/aromatic N) is 4. The second-order valence-corrected chi connectivity index (χ2v) is 6.83. The lowest BCUT2D eigenvalue weighted by Gasteiger charge is -2.32. The highest BCUT2D eigenvalue weighted by Gasteiger charge is 2.29. The molecule has 0 atom stereocenters. The molecule has 1 aromatic heterocycles. The molecule has 4 rings (SSSR count). The fourth-order valence-corrected chi connectivity index (χ4v) is 3.79. The van der Waals surface area contributed by atoms with E-state index in [-0.39, 0.29) is 11.7 Å². The summed E-state index contributed by atoms with van der Waals surface area (Å²) < 4.78 is 15.5. The van der Waals surface area contributed by atoms with E-state index in [2.05, 4.69) is 20.1 Å². The highest BCUT2D eigenvalue weighted by Crippen LogP contribution is 2.28. The number of benzene rings is 1. The number of hydrogen-bond acceptors (Lipinski definition) is 4. The number of aryl methyl sites for hydroxylation is 1. The molecule has 132 valence electrons. The van der Waals surface area contributed by atoms with E-state index in [1.807, 2.05) is 4.90 Å². The number of likely N-dealkylation sites (tertiary alicyclic amines) is 1. The molecule has 0 saturated carbocycles. The van der Waals surface area contributed by atoms with Crippen LogP contribution in [0.2, 0.25) is 0 Å². The Balaban J connectivity index is 1.44. The summed E-state index contributed by atoms with van der Waals surface area (Å²) in [6, 6.07) is 4.35. The molecule has 7 heteroatoms. The molecule has 2 aromatic rings. The van der Waals surface area contributed by atoms with Crippen molar-refractivity contribution in [2.24, 2.45) is 0 Å². The van der Waals surface area contributed by atoms with Gasteiger partial charge in [0.1, 0.15) is 17.5 Å². The van der Waals surface area contributed by atoms with Crippen molar-refractivity contribution in [2.45, 2.75) is 38.8 Å². The molecule has 2 aliphatic rings. The first kappa shape index (κ1) is 16.2. The summed E-state index contributed by atoms with van der Waals surface area (Å²) in [4.78, 5) is 14.6. The summed E-state index contributed by atoms with van der Waals surface area (Å²) in [6.07, 6.45) is 1.77. The van der Waals surface area contributed by atoms with Crippen LogP contribution in [0.4, 0.5) is 4.39 Å². The number of fused-ring (bicyclic) bond motifs is 1. The number of aromatic nitrogens is 3. The summed E-state index contributed by atoms with van der Waals surface area (Å²) in [5.74, 6) is 2.09. The number of carbonyl (C=O) groups excluding carboxylic acids is 1. The van der Waals surface area contributed by atoms with Gasteiger partial charge < -0.3 is 14.8 Å². The molecule has 1 fully saturated rings. The Morgan fingerprint density at radius 1 is 1.24 bits per heavy atom. The first-order valence-corrected chi connectivity index (χ1v) is 8.81. The molecule has 25 heavy (non-hydrogen) atoms. The van der Waals surface area contributed by atoms with Crippen molar-refractivity contribution >= 4 is 5.91 Å². The van der Waals surface area contributed by atoms with Gasteiger partial charge in [-0.05, 0) is 43.5 Å². The third-order valence-corrected chi connectivity index (χ3v) is 5.22. The van der Waals surface area contributed by atoms with Crippen LogP contribution in [0.1, 0.15) is 46.3 Å². The van der Waals surface area contributed by atoms with Crippen LogP contribution in [0.15, 0.2) is 18.2 Å². The Morgan fingerprint density at radius 3 is 2.80 bits per heavy atom. The molecule has 1 aromatic carbocycles. The molecular weight excluding hydrogens is 321 g/mol. The predicted molar refractivity (Wildman–Crippen MR) is 90.7 cm³/mol. The normalized spacial score (nSPS) is 18.2. The lowest BCUT2D eigenvalue weighted by atomic mass is 9.95. The molecule has 0 radical (unpaired) electrons. The van der Waals surface area contributed by atoms with E-state index in [1.165, 1.54) is 12.1 Å². The second kappa shape index (κ2) is 6.55. The van der Waals surface area contributed by atoms with Crippen molar-refractivity contribution in [3.05, 3.63) is 46.8 Å². The van der Waals surface area contributed by atoms with Gasteiger partial charge in [0.15, 0.2) is 0 Å². The molecule has 0 spiro atoms. The van der Waals surface area contributed by atoms with Gasteiger partial charge in [0.25, 0.3) is 5.91 Å². The van der Waals surface area contributed by atoms with Crippen LogP contribution in [0.5, 0.6) is 0 Å². The number of rotatable bonds is 2. The molecular formula is C18H22FN5O. The van der Waals surface area contributed by atoms with Crippen LogP contribution < -0.4 is 5.32 Å². The van der Waals surface area contributed by atoms with Gasteiger partial charge in [-0.2, -0.15) is 0 Å². The standard InChI is InChI=1S/C18H22FN5O/c1-12-10-14(19)2-3-15(12)18(25)23-7-4-13(5-8-23)17-22-21-16-11-20-6-9-24(16)17/h2-3,10,13,20H,4-9,11H2,1H3. The maximum Gasteiger partial charge on any atom is 0.254 e. The zero-order valence-electron chi connectivity index (χ0n) is 14.3. The molecule has 0 aliphatic carbocycles. The van der Waals surface area contributed by atoms with Gasteiger partial charge in [-0.15, -0.1) is 10.2 Å². The molecule has 2 aliphatic heterocycles. The van der Waals surface area contributed by atoms with Gasteiger partial charge in [-0.1, -0.05) is 0 Å². The van der Waals surface area contributed by atoms with Crippen LogP contribution >= 0.6 is 0 Å². The monoisotopic (exact) mass is 343 g/mol. The zero-order chi connectivity index (χ0) is 17.4. The van der Waals surface area contributed by atoms with Crippen molar-refractivity contribution < 1.29 is 9.18 Å². The minimum atomic E-state index is -0.307. The fraction of sp³-hybridized carbons (Fsp3) is 0.500. The highest BCUT2D eigenvalue weighted by atomic mass is 19.1. The Bertz CT molecular complexity index is 795. The number of nitrogens with one attached hydrogen (secondary N) is 1. The molecule has 6 nitrogen and oxygen atoms in total. The maximum atomic E-state index is 13.3. The predicted octanol–water partition coefficient (Wildman–Crippen LogP) is 1.85. The molecule has 1 N–H and O–H groups in total. The highest BCUT2D eigenvalue weighted by molar-refractivity contribution is 5.95. The number of piperidine rings is 1. The summed E-state index contributed by atoms with van der Waals surface area (Å²) in [7, 11) is 0. The van der Waals surface area contributed by atoms with Gasteiger partial charge in [0.2, 0.25) is 0 Å².